The van der Waals surface area contributed by atoms with E-state index in [9.17, 15) is 9.00 Å². The number of methoxy groups -OCH3 is 1. The molecular formula is C13H16O5S. The predicted octanol–water partition coefficient (Wildman–Crippen LogP) is 1.52. The number of ether oxygens (including phenoxy) is 3. The van der Waals surface area contributed by atoms with Gasteiger partial charge in [0, 0.05) is 23.1 Å². The van der Waals surface area contributed by atoms with Crippen LogP contribution in [0.5, 0.6) is 11.5 Å². The van der Waals surface area contributed by atoms with Crippen molar-refractivity contribution in [2.45, 2.75) is 17.7 Å². The molecule has 0 fully saturated rings. The maximum atomic E-state index is 12.0. The normalized spacial score (nSPS) is 15.4. The van der Waals surface area contributed by atoms with Gasteiger partial charge in [-0.25, -0.2) is 0 Å². The number of benzene rings is 1. The fourth-order valence-electron chi connectivity index (χ4n) is 1.68. The minimum absolute atomic E-state index is 0.136. The third-order valence-electron chi connectivity index (χ3n) is 2.70. The Morgan fingerprint density at radius 2 is 2.05 bits per heavy atom. The number of hydrogen-bond acceptors (Lipinski definition) is 5. The molecule has 104 valence electrons. The molecule has 2 rings (SSSR count). The smallest absolute Gasteiger partial charge is 0.306 e. The lowest BCUT2D eigenvalue weighted by molar-refractivity contribution is -0.140. The highest BCUT2D eigenvalue weighted by atomic mass is 32.2. The van der Waals surface area contributed by atoms with Crippen LogP contribution in [0.4, 0.5) is 0 Å². The van der Waals surface area contributed by atoms with Crippen LogP contribution in [0.2, 0.25) is 0 Å². The molecule has 0 amide bonds. The quantitative estimate of drug-likeness (QED) is 0.784. The summed E-state index contributed by atoms with van der Waals surface area (Å²) in [4.78, 5) is 11.7. The molecule has 0 radical (unpaired) electrons. The molecule has 0 aromatic heterocycles. The Hall–Kier alpha value is -1.56. The summed E-state index contributed by atoms with van der Waals surface area (Å²) in [5.74, 6) is 1.17. The van der Waals surface area contributed by atoms with Crippen molar-refractivity contribution in [1.82, 2.24) is 0 Å². The van der Waals surface area contributed by atoms with E-state index < -0.39 is 10.8 Å². The van der Waals surface area contributed by atoms with Gasteiger partial charge in [0.05, 0.1) is 37.5 Å². The second-order valence-corrected chi connectivity index (χ2v) is 5.61. The van der Waals surface area contributed by atoms with Crippen molar-refractivity contribution >= 4 is 16.8 Å². The van der Waals surface area contributed by atoms with Crippen LogP contribution in [0.15, 0.2) is 23.1 Å². The number of hydrogen-bond donors (Lipinski definition) is 0. The molecule has 6 heteroatoms. The largest absolute Gasteiger partial charge is 0.490 e. The Labute approximate surface area is 114 Å². The molecule has 1 unspecified atom stereocenters. The Morgan fingerprint density at radius 1 is 1.32 bits per heavy atom. The van der Waals surface area contributed by atoms with E-state index in [1.165, 1.54) is 7.11 Å². The summed E-state index contributed by atoms with van der Waals surface area (Å²) in [6.07, 6.45) is 0.965. The van der Waals surface area contributed by atoms with Crippen LogP contribution in [0, 0.1) is 0 Å². The van der Waals surface area contributed by atoms with E-state index in [0.29, 0.717) is 29.6 Å². The fourth-order valence-corrected chi connectivity index (χ4v) is 2.73. The van der Waals surface area contributed by atoms with Crippen LogP contribution >= 0.6 is 0 Å². The maximum Gasteiger partial charge on any atom is 0.306 e. The molecule has 0 N–H and O–H groups in total. The van der Waals surface area contributed by atoms with Crippen molar-refractivity contribution in [3.8, 4) is 11.5 Å². The molecule has 0 spiro atoms. The summed E-state index contributed by atoms with van der Waals surface area (Å²) in [6, 6.07) is 5.21. The van der Waals surface area contributed by atoms with E-state index in [2.05, 4.69) is 4.74 Å². The van der Waals surface area contributed by atoms with E-state index in [-0.39, 0.29) is 18.1 Å². The van der Waals surface area contributed by atoms with Crippen LogP contribution in [0.1, 0.15) is 12.8 Å². The van der Waals surface area contributed by atoms with Gasteiger partial charge in [-0.3, -0.25) is 9.00 Å². The fraction of sp³-hybridized carbons (Fsp3) is 0.462. The summed E-state index contributed by atoms with van der Waals surface area (Å²) < 4.78 is 27.6. The van der Waals surface area contributed by atoms with Crippen LogP contribution in [0.3, 0.4) is 0 Å². The van der Waals surface area contributed by atoms with Gasteiger partial charge in [0.15, 0.2) is 11.5 Å². The van der Waals surface area contributed by atoms with E-state index in [1.807, 2.05) is 0 Å². The highest BCUT2D eigenvalue weighted by molar-refractivity contribution is 7.85. The highest BCUT2D eigenvalue weighted by Crippen LogP contribution is 2.31. The predicted molar refractivity (Wildman–Crippen MR) is 70.0 cm³/mol. The molecule has 1 aliphatic rings. The average molecular weight is 284 g/mol. The molecule has 1 aliphatic heterocycles. The minimum atomic E-state index is -1.25. The van der Waals surface area contributed by atoms with Gasteiger partial charge in [-0.05, 0) is 12.1 Å². The van der Waals surface area contributed by atoms with Crippen molar-refractivity contribution in [3.63, 3.8) is 0 Å². The third kappa shape index (κ3) is 3.70. The Balaban J connectivity index is 2.06. The first-order chi connectivity index (χ1) is 9.20. The van der Waals surface area contributed by atoms with Crippen LogP contribution in [-0.4, -0.2) is 36.3 Å². The zero-order valence-electron chi connectivity index (χ0n) is 10.7. The molecular weight excluding hydrogens is 268 g/mol. The molecule has 19 heavy (non-hydrogen) atoms. The van der Waals surface area contributed by atoms with E-state index >= 15 is 0 Å². The van der Waals surface area contributed by atoms with Gasteiger partial charge in [0.1, 0.15) is 0 Å². The van der Waals surface area contributed by atoms with Gasteiger partial charge >= 0.3 is 5.97 Å². The molecule has 1 aromatic rings. The Kier molecular flexibility index (Phi) is 4.79. The first kappa shape index (κ1) is 13.9. The lowest BCUT2D eigenvalue weighted by atomic mass is 10.3. The molecule has 5 nitrogen and oxygen atoms in total. The van der Waals surface area contributed by atoms with Crippen molar-refractivity contribution in [2.24, 2.45) is 0 Å². The van der Waals surface area contributed by atoms with Gasteiger partial charge in [0.2, 0.25) is 0 Å². The summed E-state index contributed by atoms with van der Waals surface area (Å²) in [5.41, 5.74) is 0. The first-order valence-corrected chi connectivity index (χ1v) is 7.37. The second kappa shape index (κ2) is 6.56. The topological polar surface area (TPSA) is 61.8 Å². The lowest BCUT2D eigenvalue weighted by Crippen LogP contribution is -2.07. The number of carbonyl (C=O) groups excluding carboxylic acids is 1. The second-order valence-electron chi connectivity index (χ2n) is 4.03. The maximum absolute atomic E-state index is 12.0. The Morgan fingerprint density at radius 3 is 2.79 bits per heavy atom. The summed E-state index contributed by atoms with van der Waals surface area (Å²) >= 11 is 0. The highest BCUT2D eigenvalue weighted by Gasteiger charge is 2.14. The van der Waals surface area contributed by atoms with Gasteiger partial charge in [-0.1, -0.05) is 0 Å². The molecule has 0 bridgehead atoms. The van der Waals surface area contributed by atoms with Crippen molar-refractivity contribution in [3.05, 3.63) is 18.2 Å². The number of carbonyl (C=O) groups is 1. The van der Waals surface area contributed by atoms with E-state index in [4.69, 9.17) is 9.47 Å². The lowest BCUT2D eigenvalue weighted by Gasteiger charge is -2.09. The Bertz CT molecular complexity index is 486. The summed E-state index contributed by atoms with van der Waals surface area (Å²) in [5, 5.41) is 0. The molecule has 1 aromatic carbocycles. The van der Waals surface area contributed by atoms with E-state index in [1.54, 1.807) is 18.2 Å². The number of fused-ring (bicyclic) bond motifs is 1. The van der Waals surface area contributed by atoms with Crippen molar-refractivity contribution in [1.29, 1.82) is 0 Å². The minimum Gasteiger partial charge on any atom is -0.490 e. The molecule has 1 atom stereocenters. The van der Waals surface area contributed by atoms with Crippen LogP contribution < -0.4 is 9.47 Å². The van der Waals surface area contributed by atoms with Gasteiger partial charge < -0.3 is 14.2 Å². The monoisotopic (exact) mass is 284 g/mol. The zero-order chi connectivity index (χ0) is 13.7. The van der Waals surface area contributed by atoms with E-state index in [0.717, 1.165) is 6.42 Å². The SMILES string of the molecule is COC(=O)CCS(=O)c1ccc2c(c1)OCCCO2. The van der Waals surface area contributed by atoms with Crippen molar-refractivity contribution in [2.75, 3.05) is 26.1 Å². The van der Waals surface area contributed by atoms with Gasteiger partial charge in [-0.15, -0.1) is 0 Å². The van der Waals surface area contributed by atoms with Crippen molar-refractivity contribution < 1.29 is 23.2 Å². The first-order valence-electron chi connectivity index (χ1n) is 6.05. The van der Waals surface area contributed by atoms with Crippen LogP contribution in [-0.2, 0) is 20.3 Å². The summed E-state index contributed by atoms with van der Waals surface area (Å²) in [6.45, 7) is 1.21. The number of esters is 1. The summed E-state index contributed by atoms with van der Waals surface area (Å²) in [7, 11) is 0.0726. The molecule has 1 heterocycles. The van der Waals surface area contributed by atoms with Gasteiger partial charge in [-0.2, -0.15) is 0 Å². The average Bonchev–Trinajstić information content (AvgIpc) is 2.68. The van der Waals surface area contributed by atoms with Crippen LogP contribution in [0.25, 0.3) is 0 Å². The molecule has 0 saturated carbocycles. The molecule has 0 saturated heterocycles. The molecule has 0 aliphatic carbocycles. The standard InChI is InChI=1S/C13H16O5S/c1-16-13(14)5-8-19(15)10-3-4-11-12(9-10)18-7-2-6-17-11/h3-4,9H,2,5-8H2,1H3. The zero-order valence-corrected chi connectivity index (χ0v) is 11.5. The van der Waals surface area contributed by atoms with Gasteiger partial charge in [0.25, 0.3) is 0 Å². The number of rotatable bonds is 4. The third-order valence-corrected chi connectivity index (χ3v) is 4.06.